The Balaban J connectivity index is 1.39. The summed E-state index contributed by atoms with van der Waals surface area (Å²) in [5, 5.41) is 8.28. The molecule has 1 heterocycles. The number of hydrogen-bond donors (Lipinski definition) is 3. The molecule has 4 rings (SSSR count). The molecule has 0 unspecified atom stereocenters. The zero-order valence-corrected chi connectivity index (χ0v) is 15.6. The fourth-order valence-corrected chi connectivity index (χ4v) is 3.08. The Hall–Kier alpha value is -4.00. The van der Waals surface area contributed by atoms with E-state index in [-0.39, 0.29) is 0 Å². The summed E-state index contributed by atoms with van der Waals surface area (Å²) in [5.41, 5.74) is 2.12. The molecular weight excluding hydrogens is 368 g/mol. The standard InChI is InChI=1S/C22H20N4O3/c27-21(25-22(28)26-14-13-23-19-11-4-5-12-20(19)26)24-16-7-6-10-18(15-16)29-17-8-2-1-3-9-17/h1-12,15,23H,13-14H2,(H2,24,25,27,28). The molecule has 4 amide bonds. The Bertz CT molecular complexity index is 1020. The van der Waals surface area contributed by atoms with Gasteiger partial charge in [-0.25, -0.2) is 9.59 Å². The first kappa shape index (κ1) is 18.4. The van der Waals surface area contributed by atoms with Crippen LogP contribution in [-0.2, 0) is 0 Å². The quantitative estimate of drug-likeness (QED) is 0.610. The van der Waals surface area contributed by atoms with Gasteiger partial charge in [-0.1, -0.05) is 36.4 Å². The summed E-state index contributed by atoms with van der Waals surface area (Å²) in [6.07, 6.45) is 0. The van der Waals surface area contributed by atoms with Crippen molar-refractivity contribution in [1.29, 1.82) is 0 Å². The van der Waals surface area contributed by atoms with E-state index in [1.165, 1.54) is 0 Å². The maximum Gasteiger partial charge on any atom is 0.330 e. The van der Waals surface area contributed by atoms with Crippen molar-refractivity contribution in [3.8, 4) is 11.5 Å². The molecule has 7 nitrogen and oxygen atoms in total. The summed E-state index contributed by atoms with van der Waals surface area (Å²) < 4.78 is 5.76. The number of imide groups is 1. The first-order valence-corrected chi connectivity index (χ1v) is 9.24. The minimum atomic E-state index is -0.608. The molecule has 0 bridgehead atoms. The van der Waals surface area contributed by atoms with Crippen molar-refractivity contribution < 1.29 is 14.3 Å². The number of fused-ring (bicyclic) bond motifs is 1. The lowest BCUT2D eigenvalue weighted by atomic mass is 10.2. The predicted molar refractivity (Wildman–Crippen MR) is 113 cm³/mol. The van der Waals surface area contributed by atoms with Crippen LogP contribution in [0, 0.1) is 0 Å². The Morgan fingerprint density at radius 3 is 2.52 bits per heavy atom. The summed E-state index contributed by atoms with van der Waals surface area (Å²) in [6, 6.07) is 22.7. The molecule has 0 saturated heterocycles. The van der Waals surface area contributed by atoms with E-state index in [0.717, 1.165) is 11.4 Å². The summed E-state index contributed by atoms with van der Waals surface area (Å²) in [4.78, 5) is 26.4. The molecule has 146 valence electrons. The minimum absolute atomic E-state index is 0.469. The number of ether oxygens (including phenoxy) is 1. The fraction of sp³-hybridized carbons (Fsp3) is 0.0909. The number of nitrogens with zero attached hydrogens (tertiary/aromatic N) is 1. The highest BCUT2D eigenvalue weighted by atomic mass is 16.5. The van der Waals surface area contributed by atoms with Gasteiger partial charge in [0.25, 0.3) is 0 Å². The van der Waals surface area contributed by atoms with E-state index < -0.39 is 12.1 Å². The van der Waals surface area contributed by atoms with Crippen LogP contribution in [-0.4, -0.2) is 25.2 Å². The number of nitrogens with one attached hydrogen (secondary N) is 3. The lowest BCUT2D eigenvalue weighted by molar-refractivity contribution is 0.236. The van der Waals surface area contributed by atoms with E-state index in [1.807, 2.05) is 54.6 Å². The lowest BCUT2D eigenvalue weighted by Crippen LogP contribution is -2.48. The number of carbonyl (C=O) groups excluding carboxylic acids is 2. The van der Waals surface area contributed by atoms with Crippen molar-refractivity contribution in [2.45, 2.75) is 0 Å². The average molecular weight is 388 g/mol. The van der Waals surface area contributed by atoms with Gasteiger partial charge in [0.2, 0.25) is 0 Å². The number of carbonyl (C=O) groups is 2. The van der Waals surface area contributed by atoms with Gasteiger partial charge >= 0.3 is 12.1 Å². The fourth-order valence-electron chi connectivity index (χ4n) is 3.08. The molecule has 1 aliphatic heterocycles. The van der Waals surface area contributed by atoms with Crippen LogP contribution in [0.1, 0.15) is 0 Å². The highest BCUT2D eigenvalue weighted by molar-refractivity contribution is 6.07. The number of anilines is 3. The van der Waals surface area contributed by atoms with E-state index in [0.29, 0.717) is 30.3 Å². The molecule has 3 N–H and O–H groups in total. The summed E-state index contributed by atoms with van der Waals surface area (Å²) in [6.45, 7) is 1.08. The maximum absolute atomic E-state index is 12.6. The average Bonchev–Trinajstić information content (AvgIpc) is 2.74. The van der Waals surface area contributed by atoms with Gasteiger partial charge in [-0.15, -0.1) is 0 Å². The molecule has 0 fully saturated rings. The highest BCUT2D eigenvalue weighted by Gasteiger charge is 2.23. The molecule has 0 radical (unpaired) electrons. The smallest absolute Gasteiger partial charge is 0.330 e. The van der Waals surface area contributed by atoms with Crippen LogP contribution in [0.2, 0.25) is 0 Å². The van der Waals surface area contributed by atoms with E-state index in [2.05, 4.69) is 16.0 Å². The van der Waals surface area contributed by atoms with Crippen molar-refractivity contribution >= 4 is 29.1 Å². The Morgan fingerprint density at radius 1 is 0.897 bits per heavy atom. The molecule has 1 aliphatic rings. The molecule has 7 heteroatoms. The molecular formula is C22H20N4O3. The largest absolute Gasteiger partial charge is 0.457 e. The molecule has 0 aliphatic carbocycles. The third-order valence-corrected chi connectivity index (χ3v) is 4.38. The van der Waals surface area contributed by atoms with Crippen LogP contribution < -0.4 is 25.6 Å². The van der Waals surface area contributed by atoms with E-state index in [9.17, 15) is 9.59 Å². The van der Waals surface area contributed by atoms with Crippen molar-refractivity contribution in [3.05, 3.63) is 78.9 Å². The van der Waals surface area contributed by atoms with Gasteiger partial charge in [-0.05, 0) is 36.4 Å². The third kappa shape index (κ3) is 4.47. The SMILES string of the molecule is O=C(NC(=O)N1CCNc2ccccc21)Nc1cccc(Oc2ccccc2)c1. The van der Waals surface area contributed by atoms with Crippen LogP contribution >= 0.6 is 0 Å². The third-order valence-electron chi connectivity index (χ3n) is 4.38. The van der Waals surface area contributed by atoms with E-state index in [1.54, 1.807) is 29.2 Å². The second kappa shape index (κ2) is 8.35. The zero-order chi connectivity index (χ0) is 20.1. The van der Waals surface area contributed by atoms with Crippen LogP contribution in [0.15, 0.2) is 78.9 Å². The molecule has 3 aromatic rings. The molecule has 0 spiro atoms. The number of amides is 4. The van der Waals surface area contributed by atoms with Crippen LogP contribution in [0.5, 0.6) is 11.5 Å². The number of hydrogen-bond acceptors (Lipinski definition) is 4. The minimum Gasteiger partial charge on any atom is -0.457 e. The predicted octanol–water partition coefficient (Wildman–Crippen LogP) is 4.65. The molecule has 29 heavy (non-hydrogen) atoms. The Morgan fingerprint density at radius 2 is 1.66 bits per heavy atom. The second-order valence-electron chi connectivity index (χ2n) is 6.42. The van der Waals surface area contributed by atoms with Gasteiger partial charge in [-0.2, -0.15) is 0 Å². The van der Waals surface area contributed by atoms with Crippen LogP contribution in [0.25, 0.3) is 0 Å². The van der Waals surface area contributed by atoms with Crippen molar-refractivity contribution in [2.24, 2.45) is 0 Å². The maximum atomic E-state index is 12.6. The van der Waals surface area contributed by atoms with Gasteiger partial charge in [0, 0.05) is 24.8 Å². The van der Waals surface area contributed by atoms with Gasteiger partial charge in [0.15, 0.2) is 0 Å². The van der Waals surface area contributed by atoms with Crippen molar-refractivity contribution in [3.63, 3.8) is 0 Å². The van der Waals surface area contributed by atoms with E-state index in [4.69, 9.17) is 4.74 Å². The Kier molecular flexibility index (Phi) is 5.29. The zero-order valence-electron chi connectivity index (χ0n) is 15.6. The van der Waals surface area contributed by atoms with E-state index >= 15 is 0 Å². The summed E-state index contributed by atoms with van der Waals surface area (Å²) in [5.74, 6) is 1.28. The first-order valence-electron chi connectivity index (χ1n) is 9.24. The van der Waals surface area contributed by atoms with Crippen LogP contribution in [0.3, 0.4) is 0 Å². The summed E-state index contributed by atoms with van der Waals surface area (Å²) >= 11 is 0. The van der Waals surface area contributed by atoms with Crippen molar-refractivity contribution in [1.82, 2.24) is 5.32 Å². The number of para-hydroxylation sites is 3. The molecule has 0 atom stereocenters. The second-order valence-corrected chi connectivity index (χ2v) is 6.42. The normalized spacial score (nSPS) is 12.3. The molecule has 0 saturated carbocycles. The van der Waals surface area contributed by atoms with Gasteiger partial charge in [0.1, 0.15) is 11.5 Å². The summed E-state index contributed by atoms with van der Waals surface area (Å²) in [7, 11) is 0. The van der Waals surface area contributed by atoms with Gasteiger partial charge in [-0.3, -0.25) is 10.2 Å². The first-order chi connectivity index (χ1) is 14.2. The van der Waals surface area contributed by atoms with Crippen LogP contribution in [0.4, 0.5) is 26.7 Å². The molecule has 0 aromatic heterocycles. The topological polar surface area (TPSA) is 82.7 Å². The number of rotatable bonds is 3. The number of urea groups is 2. The molecule has 3 aromatic carbocycles. The lowest BCUT2D eigenvalue weighted by Gasteiger charge is -2.30. The highest BCUT2D eigenvalue weighted by Crippen LogP contribution is 2.28. The monoisotopic (exact) mass is 388 g/mol. The van der Waals surface area contributed by atoms with Crippen molar-refractivity contribution in [2.75, 3.05) is 28.6 Å². The Labute approximate surface area is 168 Å². The number of benzene rings is 3. The van der Waals surface area contributed by atoms with Gasteiger partial charge < -0.3 is 15.4 Å². The van der Waals surface area contributed by atoms with Gasteiger partial charge in [0.05, 0.1) is 11.4 Å².